The highest BCUT2D eigenvalue weighted by molar-refractivity contribution is 5.95. The minimum atomic E-state index is -0.551. The van der Waals surface area contributed by atoms with Crippen LogP contribution < -0.4 is 16.0 Å². The van der Waals surface area contributed by atoms with Gasteiger partial charge < -0.3 is 20.7 Å². The fraction of sp³-hybridized carbons (Fsp3) is 0.429. The second-order valence-corrected chi connectivity index (χ2v) is 7.65. The molecule has 2 amide bonds. The second-order valence-electron chi connectivity index (χ2n) is 7.65. The summed E-state index contributed by atoms with van der Waals surface area (Å²) in [6, 6.07) is 7.06. The minimum absolute atomic E-state index is 0.00636. The van der Waals surface area contributed by atoms with Crippen molar-refractivity contribution in [2.75, 3.05) is 30.0 Å². The van der Waals surface area contributed by atoms with E-state index in [0.29, 0.717) is 36.8 Å². The van der Waals surface area contributed by atoms with Crippen LogP contribution in [0.3, 0.4) is 0 Å². The van der Waals surface area contributed by atoms with Gasteiger partial charge in [-0.25, -0.2) is 14.4 Å². The third kappa shape index (κ3) is 4.40. The number of anilines is 2. The highest BCUT2D eigenvalue weighted by Crippen LogP contribution is 2.29. The van der Waals surface area contributed by atoms with Crippen molar-refractivity contribution < 1.29 is 18.7 Å². The van der Waals surface area contributed by atoms with Crippen LogP contribution >= 0.6 is 0 Å². The molecule has 2 aliphatic rings. The first-order chi connectivity index (χ1) is 14.5. The summed E-state index contributed by atoms with van der Waals surface area (Å²) in [7, 11) is 0. The number of carbonyl (C=O) groups is 2. The van der Waals surface area contributed by atoms with Gasteiger partial charge in [-0.2, -0.15) is 0 Å². The predicted octanol–water partition coefficient (Wildman–Crippen LogP) is 2.10. The van der Waals surface area contributed by atoms with Gasteiger partial charge in [0.25, 0.3) is 5.91 Å². The van der Waals surface area contributed by atoms with Crippen LogP contribution in [-0.4, -0.2) is 47.6 Å². The van der Waals surface area contributed by atoms with Crippen molar-refractivity contribution in [3.8, 4) is 11.3 Å². The van der Waals surface area contributed by atoms with E-state index in [0.717, 1.165) is 25.5 Å². The van der Waals surface area contributed by atoms with Crippen molar-refractivity contribution in [1.82, 2.24) is 9.97 Å². The molecular weight excluding hydrogens is 389 g/mol. The van der Waals surface area contributed by atoms with Crippen LogP contribution in [0.25, 0.3) is 11.3 Å². The van der Waals surface area contributed by atoms with Gasteiger partial charge in [0.1, 0.15) is 12.3 Å². The molecule has 1 aliphatic carbocycles. The van der Waals surface area contributed by atoms with E-state index in [1.54, 1.807) is 29.2 Å². The number of benzene rings is 1. The number of rotatable bonds is 5. The number of morpholine rings is 1. The number of primary amides is 1. The molecule has 2 atom stereocenters. The molecule has 2 heterocycles. The zero-order valence-electron chi connectivity index (χ0n) is 16.5. The van der Waals surface area contributed by atoms with Gasteiger partial charge in [0, 0.05) is 29.8 Å². The van der Waals surface area contributed by atoms with Crippen molar-refractivity contribution in [1.29, 1.82) is 0 Å². The van der Waals surface area contributed by atoms with Gasteiger partial charge in [0.05, 0.1) is 12.8 Å². The first-order valence-electron chi connectivity index (χ1n) is 10.1. The molecule has 2 fully saturated rings. The van der Waals surface area contributed by atoms with E-state index in [4.69, 9.17) is 10.5 Å². The molecule has 1 saturated carbocycles. The molecule has 0 spiro atoms. The maximum absolute atomic E-state index is 14.5. The average Bonchev–Trinajstić information content (AvgIpc) is 2.76. The van der Waals surface area contributed by atoms with Gasteiger partial charge in [-0.1, -0.05) is 18.6 Å². The third-order valence-corrected chi connectivity index (χ3v) is 5.57. The molecule has 158 valence electrons. The predicted molar refractivity (Wildman–Crippen MR) is 109 cm³/mol. The largest absolute Gasteiger partial charge is 0.370 e. The molecule has 8 nitrogen and oxygen atoms in total. The quantitative estimate of drug-likeness (QED) is 0.777. The number of nitrogens with two attached hydrogens (primary N) is 1. The van der Waals surface area contributed by atoms with Crippen LogP contribution in [0.15, 0.2) is 30.5 Å². The molecule has 1 aromatic carbocycles. The van der Waals surface area contributed by atoms with Crippen LogP contribution in [0.4, 0.5) is 16.0 Å². The van der Waals surface area contributed by atoms with Crippen molar-refractivity contribution in [3.63, 3.8) is 0 Å². The van der Waals surface area contributed by atoms with Crippen molar-refractivity contribution in [2.24, 2.45) is 11.7 Å². The maximum Gasteiger partial charge on any atom is 0.253 e. The summed E-state index contributed by atoms with van der Waals surface area (Å²) in [5, 5.41) is 3.21. The topological polar surface area (TPSA) is 110 Å². The van der Waals surface area contributed by atoms with E-state index in [9.17, 15) is 14.0 Å². The number of hydrogen-bond donors (Lipinski definition) is 2. The van der Waals surface area contributed by atoms with Gasteiger partial charge in [-0.15, -0.1) is 0 Å². The van der Waals surface area contributed by atoms with Gasteiger partial charge in [0.2, 0.25) is 11.9 Å². The van der Waals surface area contributed by atoms with Crippen LogP contribution in [0, 0.1) is 11.7 Å². The molecule has 1 saturated heterocycles. The Kier molecular flexibility index (Phi) is 5.89. The molecule has 1 aliphatic heterocycles. The number of nitrogens with zero attached hydrogens (tertiary/aromatic N) is 3. The third-order valence-electron chi connectivity index (χ3n) is 5.57. The first-order valence-corrected chi connectivity index (χ1v) is 10.1. The molecule has 1 aromatic heterocycles. The summed E-state index contributed by atoms with van der Waals surface area (Å²) in [5.41, 5.74) is 6.82. The van der Waals surface area contributed by atoms with Crippen LogP contribution in [-0.2, 0) is 14.3 Å². The standard InChI is InChI=1S/C21H24FN5O3/c22-17-11-24-21(25-15-5-1-4-14(9-15)20(23)29)26-19(17)13-3-2-6-16(10-13)27-7-8-30-12-18(27)28/h2-3,6,10-11,14-15H,1,4-5,7-9,12H2,(H2,23,29)(H,24,25,26). The fourth-order valence-electron chi connectivity index (χ4n) is 4.01. The zero-order chi connectivity index (χ0) is 21.1. The lowest BCUT2D eigenvalue weighted by Gasteiger charge is -2.28. The minimum Gasteiger partial charge on any atom is -0.370 e. The van der Waals surface area contributed by atoms with Crippen molar-refractivity contribution >= 4 is 23.5 Å². The van der Waals surface area contributed by atoms with E-state index in [1.807, 2.05) is 0 Å². The first kappa shape index (κ1) is 20.2. The second kappa shape index (κ2) is 8.74. The summed E-state index contributed by atoms with van der Waals surface area (Å²) < 4.78 is 19.7. The Bertz CT molecular complexity index is 954. The molecule has 0 bridgehead atoms. The molecule has 2 aromatic rings. The molecular formula is C21H24FN5O3. The number of nitrogens with one attached hydrogen (secondary N) is 1. The van der Waals surface area contributed by atoms with Crippen molar-refractivity contribution in [2.45, 2.75) is 31.7 Å². The lowest BCUT2D eigenvalue weighted by atomic mass is 9.85. The van der Waals surface area contributed by atoms with Gasteiger partial charge in [-0.05, 0) is 31.4 Å². The highest BCUT2D eigenvalue weighted by atomic mass is 19.1. The summed E-state index contributed by atoms with van der Waals surface area (Å²) in [6.07, 6.45) is 4.28. The average molecular weight is 413 g/mol. The smallest absolute Gasteiger partial charge is 0.253 e. The summed E-state index contributed by atoms with van der Waals surface area (Å²) >= 11 is 0. The normalized spacial score (nSPS) is 22.0. The lowest BCUT2D eigenvalue weighted by molar-refractivity contribution is -0.125. The SMILES string of the molecule is NC(=O)C1CCCC(Nc2ncc(F)c(-c3cccc(N4CCOCC4=O)c3)n2)C1. The van der Waals surface area contributed by atoms with Crippen LogP contribution in [0.5, 0.6) is 0 Å². The Labute approximate surface area is 173 Å². The highest BCUT2D eigenvalue weighted by Gasteiger charge is 2.26. The molecule has 30 heavy (non-hydrogen) atoms. The lowest BCUT2D eigenvalue weighted by Crippen LogP contribution is -2.41. The molecule has 2 unspecified atom stereocenters. The Morgan fingerprint density at radius 3 is 3.00 bits per heavy atom. The van der Waals surface area contributed by atoms with E-state index < -0.39 is 5.82 Å². The fourth-order valence-corrected chi connectivity index (χ4v) is 4.01. The molecule has 9 heteroatoms. The Morgan fingerprint density at radius 2 is 2.20 bits per heavy atom. The molecule has 3 N–H and O–H groups in total. The number of hydrogen-bond acceptors (Lipinski definition) is 6. The molecule has 0 radical (unpaired) electrons. The van der Waals surface area contributed by atoms with Crippen LogP contribution in [0.2, 0.25) is 0 Å². The number of aromatic nitrogens is 2. The summed E-state index contributed by atoms with van der Waals surface area (Å²) in [6.45, 7) is 0.942. The van der Waals surface area contributed by atoms with E-state index in [2.05, 4.69) is 15.3 Å². The summed E-state index contributed by atoms with van der Waals surface area (Å²) in [4.78, 5) is 33.7. The van der Waals surface area contributed by atoms with E-state index >= 15 is 0 Å². The number of amides is 2. The Morgan fingerprint density at radius 1 is 1.33 bits per heavy atom. The van der Waals surface area contributed by atoms with Gasteiger partial charge >= 0.3 is 0 Å². The zero-order valence-corrected chi connectivity index (χ0v) is 16.5. The maximum atomic E-state index is 14.5. The van der Waals surface area contributed by atoms with Gasteiger partial charge in [-0.3, -0.25) is 9.59 Å². The number of halogens is 1. The number of ether oxygens (including phenoxy) is 1. The van der Waals surface area contributed by atoms with Gasteiger partial charge in [0.15, 0.2) is 5.82 Å². The summed E-state index contributed by atoms with van der Waals surface area (Å²) in [5.74, 6) is -0.847. The Balaban J connectivity index is 1.56. The number of carbonyl (C=O) groups excluding carboxylic acids is 2. The Hall–Kier alpha value is -3.07. The monoisotopic (exact) mass is 413 g/mol. The van der Waals surface area contributed by atoms with Crippen molar-refractivity contribution in [3.05, 3.63) is 36.3 Å². The van der Waals surface area contributed by atoms with E-state index in [1.165, 1.54) is 0 Å². The van der Waals surface area contributed by atoms with Crippen LogP contribution in [0.1, 0.15) is 25.7 Å². The van der Waals surface area contributed by atoms with E-state index in [-0.39, 0.29) is 36.1 Å². The molecule has 4 rings (SSSR count).